The van der Waals surface area contributed by atoms with Gasteiger partial charge in [-0.05, 0) is 37.5 Å². The zero-order valence-corrected chi connectivity index (χ0v) is 17.8. The molecule has 1 aliphatic carbocycles. The highest BCUT2D eigenvalue weighted by Crippen LogP contribution is 2.35. The van der Waals surface area contributed by atoms with Crippen molar-refractivity contribution in [2.24, 2.45) is 0 Å². The molecule has 33 heavy (non-hydrogen) atoms. The number of likely N-dealkylation sites (tertiary alicyclic amines) is 1. The van der Waals surface area contributed by atoms with Crippen LogP contribution in [0, 0.1) is 0 Å². The number of hydrogen-bond donors (Lipinski definition) is 1. The highest BCUT2D eigenvalue weighted by molar-refractivity contribution is 5.89. The second-order valence-electron chi connectivity index (χ2n) is 9.09. The summed E-state index contributed by atoms with van der Waals surface area (Å²) < 4.78 is 54.4. The predicted molar refractivity (Wildman–Crippen MR) is 115 cm³/mol. The van der Waals surface area contributed by atoms with Gasteiger partial charge in [-0.25, -0.2) is 9.07 Å². The molecule has 7 nitrogen and oxygen atoms in total. The van der Waals surface area contributed by atoms with E-state index < -0.39 is 17.9 Å². The topological polar surface area (TPSA) is 62.1 Å². The van der Waals surface area contributed by atoms with Crippen LogP contribution in [0.25, 0.3) is 16.7 Å². The van der Waals surface area contributed by atoms with Crippen molar-refractivity contribution in [1.29, 1.82) is 0 Å². The Hall–Kier alpha value is -2.95. The Kier molecular flexibility index (Phi) is 4.72. The molecule has 3 aromatic rings. The Balaban J connectivity index is 1.36. The molecule has 0 unspecified atom stereocenters. The summed E-state index contributed by atoms with van der Waals surface area (Å²) in [6.07, 6.45) is -0.364. The summed E-state index contributed by atoms with van der Waals surface area (Å²) in [4.78, 5) is 13.6. The summed E-state index contributed by atoms with van der Waals surface area (Å²) in [5.74, 6) is 1.15. The molecule has 2 aliphatic heterocycles. The maximum Gasteiger partial charge on any atom is 0.416 e. The van der Waals surface area contributed by atoms with Gasteiger partial charge in [0, 0.05) is 38.3 Å². The molecule has 3 fully saturated rings. The van der Waals surface area contributed by atoms with Gasteiger partial charge in [0.2, 0.25) is 5.95 Å². The van der Waals surface area contributed by atoms with Gasteiger partial charge in [-0.3, -0.25) is 4.90 Å². The lowest BCUT2D eigenvalue weighted by atomic mass is 9.93. The van der Waals surface area contributed by atoms with Gasteiger partial charge in [0.25, 0.3) is 0 Å². The summed E-state index contributed by atoms with van der Waals surface area (Å²) in [5.41, 5.74) is 0.00420. The van der Waals surface area contributed by atoms with Crippen LogP contribution >= 0.6 is 0 Å². The molecule has 0 spiro atoms. The molecule has 2 saturated heterocycles. The number of anilines is 2. The average Bonchev–Trinajstić information content (AvgIpc) is 3.12. The molecule has 0 atom stereocenters. The van der Waals surface area contributed by atoms with Crippen LogP contribution in [-0.2, 0) is 6.18 Å². The van der Waals surface area contributed by atoms with Crippen LogP contribution in [0.3, 0.4) is 0 Å². The first kappa shape index (κ1) is 20.6. The highest BCUT2D eigenvalue weighted by atomic mass is 19.4. The van der Waals surface area contributed by atoms with Crippen molar-refractivity contribution in [2.45, 2.75) is 43.7 Å². The maximum atomic E-state index is 13.3. The fraction of sp³-hybridized carbons (Fsp3) is 0.500. The number of fused-ring (bicyclic) bond motifs is 1. The molecular formula is C22H23F4N7. The van der Waals surface area contributed by atoms with E-state index in [1.54, 1.807) is 12.3 Å². The van der Waals surface area contributed by atoms with Gasteiger partial charge < -0.3 is 10.2 Å². The van der Waals surface area contributed by atoms with Crippen LogP contribution in [0.15, 0.2) is 30.5 Å². The van der Waals surface area contributed by atoms with E-state index in [1.807, 2.05) is 0 Å². The Morgan fingerprint density at radius 2 is 1.82 bits per heavy atom. The van der Waals surface area contributed by atoms with Crippen molar-refractivity contribution in [2.75, 3.05) is 36.4 Å². The second-order valence-corrected chi connectivity index (χ2v) is 9.09. The monoisotopic (exact) mass is 461 g/mol. The van der Waals surface area contributed by atoms with Crippen LogP contribution in [0.4, 0.5) is 29.3 Å². The van der Waals surface area contributed by atoms with Gasteiger partial charge in [0.05, 0.1) is 22.8 Å². The van der Waals surface area contributed by atoms with Crippen molar-refractivity contribution < 1.29 is 17.6 Å². The minimum Gasteiger partial charge on any atom is -0.353 e. The first-order valence-corrected chi connectivity index (χ1v) is 11.2. The SMILES string of the molecule is FC1CN(C2CN(c3nc(NC4CCC4)nc4c3cnn4-c3cccc(C(F)(F)F)c3)C2)C1. The molecule has 6 rings (SSSR count). The van der Waals surface area contributed by atoms with E-state index in [0.717, 1.165) is 44.5 Å². The zero-order chi connectivity index (χ0) is 22.7. The van der Waals surface area contributed by atoms with Gasteiger partial charge in [0.1, 0.15) is 12.0 Å². The van der Waals surface area contributed by atoms with Crippen LogP contribution in [-0.4, -0.2) is 69.1 Å². The molecule has 2 aromatic heterocycles. The second kappa shape index (κ2) is 7.54. The number of aromatic nitrogens is 4. The summed E-state index contributed by atoms with van der Waals surface area (Å²) in [5, 5.41) is 8.40. The molecule has 1 N–H and O–H groups in total. The fourth-order valence-corrected chi connectivity index (χ4v) is 4.55. The minimum absolute atomic E-state index is 0.281. The molecule has 0 bridgehead atoms. The average molecular weight is 461 g/mol. The number of halogens is 4. The zero-order valence-electron chi connectivity index (χ0n) is 17.8. The molecule has 4 heterocycles. The smallest absolute Gasteiger partial charge is 0.353 e. The summed E-state index contributed by atoms with van der Waals surface area (Å²) >= 11 is 0. The third kappa shape index (κ3) is 3.68. The largest absolute Gasteiger partial charge is 0.416 e. The molecule has 1 aromatic carbocycles. The lowest BCUT2D eigenvalue weighted by Crippen LogP contribution is -2.66. The first-order valence-electron chi connectivity index (χ1n) is 11.2. The van der Waals surface area contributed by atoms with Crippen LogP contribution in [0.2, 0.25) is 0 Å². The van der Waals surface area contributed by atoms with Crippen LogP contribution < -0.4 is 10.2 Å². The van der Waals surface area contributed by atoms with Gasteiger partial charge in [-0.2, -0.15) is 28.2 Å². The molecule has 0 amide bonds. The van der Waals surface area contributed by atoms with E-state index in [4.69, 9.17) is 4.98 Å². The van der Waals surface area contributed by atoms with Crippen molar-refractivity contribution >= 4 is 22.8 Å². The summed E-state index contributed by atoms with van der Waals surface area (Å²) in [6.45, 7) is 2.38. The Morgan fingerprint density at radius 3 is 2.48 bits per heavy atom. The van der Waals surface area contributed by atoms with Gasteiger partial charge in [0.15, 0.2) is 5.65 Å². The molecule has 0 radical (unpaired) electrons. The first-order chi connectivity index (χ1) is 15.8. The molecular weight excluding hydrogens is 438 g/mol. The third-order valence-electron chi connectivity index (χ3n) is 6.81. The van der Waals surface area contributed by atoms with Crippen molar-refractivity contribution in [1.82, 2.24) is 24.6 Å². The number of alkyl halides is 4. The molecule has 174 valence electrons. The minimum atomic E-state index is -4.45. The van der Waals surface area contributed by atoms with E-state index >= 15 is 0 Å². The van der Waals surface area contributed by atoms with Gasteiger partial charge in [-0.15, -0.1) is 0 Å². The van der Waals surface area contributed by atoms with Gasteiger partial charge in [-0.1, -0.05) is 6.07 Å². The van der Waals surface area contributed by atoms with E-state index in [0.29, 0.717) is 41.9 Å². The predicted octanol–water partition coefficient (Wildman–Crippen LogP) is 3.64. The lowest BCUT2D eigenvalue weighted by molar-refractivity contribution is -0.137. The van der Waals surface area contributed by atoms with E-state index in [-0.39, 0.29) is 11.7 Å². The van der Waals surface area contributed by atoms with E-state index in [1.165, 1.54) is 10.7 Å². The number of benzene rings is 1. The van der Waals surface area contributed by atoms with Crippen molar-refractivity contribution in [3.63, 3.8) is 0 Å². The molecule has 11 heteroatoms. The Morgan fingerprint density at radius 1 is 1.03 bits per heavy atom. The van der Waals surface area contributed by atoms with Crippen molar-refractivity contribution in [3.05, 3.63) is 36.0 Å². The van der Waals surface area contributed by atoms with Gasteiger partial charge >= 0.3 is 6.18 Å². The highest BCUT2D eigenvalue weighted by Gasteiger charge is 2.40. The maximum absolute atomic E-state index is 13.3. The standard InChI is InChI=1S/C22H23F4N7/c23-14-9-31(10-14)17-11-32(12-17)19-18-8-27-33(16-6-1-3-13(7-16)22(24,25)26)20(18)30-21(29-19)28-15-4-2-5-15/h1,3,6-8,14-15,17H,2,4-5,9-12H2,(H,28,29,30). The quantitative estimate of drug-likeness (QED) is 0.586. The van der Waals surface area contributed by atoms with Crippen LogP contribution in [0.1, 0.15) is 24.8 Å². The van der Waals surface area contributed by atoms with Crippen LogP contribution in [0.5, 0.6) is 0 Å². The van der Waals surface area contributed by atoms with E-state index in [9.17, 15) is 17.6 Å². The number of nitrogens with one attached hydrogen (secondary N) is 1. The molecule has 3 aliphatic rings. The third-order valence-corrected chi connectivity index (χ3v) is 6.81. The fourth-order valence-electron chi connectivity index (χ4n) is 4.55. The molecule has 1 saturated carbocycles. The number of nitrogens with zero attached hydrogens (tertiary/aromatic N) is 6. The van der Waals surface area contributed by atoms with E-state index in [2.05, 4.69) is 25.2 Å². The number of hydrogen-bond acceptors (Lipinski definition) is 6. The summed E-state index contributed by atoms with van der Waals surface area (Å²) in [7, 11) is 0. The Bertz CT molecular complexity index is 1180. The van der Waals surface area contributed by atoms with Crippen molar-refractivity contribution in [3.8, 4) is 5.69 Å². The summed E-state index contributed by atoms with van der Waals surface area (Å²) in [6, 6.07) is 5.64. The lowest BCUT2D eigenvalue weighted by Gasteiger charge is -2.50. The Labute approximate surface area is 187 Å². The number of rotatable bonds is 5. The normalized spacial score (nSPS) is 20.5.